The lowest BCUT2D eigenvalue weighted by atomic mass is 10.1. The van der Waals surface area contributed by atoms with Gasteiger partial charge in [0.15, 0.2) is 0 Å². The van der Waals surface area contributed by atoms with Crippen molar-refractivity contribution in [1.29, 1.82) is 0 Å². The predicted octanol–water partition coefficient (Wildman–Crippen LogP) is 4.44. The number of ether oxygens (including phenoxy) is 2. The summed E-state index contributed by atoms with van der Waals surface area (Å²) in [6.45, 7) is 6.17. The molecule has 1 saturated heterocycles. The van der Waals surface area contributed by atoms with Gasteiger partial charge in [0.1, 0.15) is 11.5 Å². The zero-order valence-corrected chi connectivity index (χ0v) is 16.5. The molecular formula is C24H28N2O2. The monoisotopic (exact) mass is 376 g/mol. The summed E-state index contributed by atoms with van der Waals surface area (Å²) in [5.41, 5.74) is 1.28. The summed E-state index contributed by atoms with van der Waals surface area (Å²) in [5.74, 6) is 1.90. The van der Waals surface area contributed by atoms with Gasteiger partial charge in [0.05, 0.1) is 13.7 Å². The Labute approximate surface area is 167 Å². The minimum atomic E-state index is 0.757. The van der Waals surface area contributed by atoms with E-state index in [2.05, 4.69) is 64.4 Å². The number of anilines is 1. The molecule has 3 aromatic rings. The van der Waals surface area contributed by atoms with Crippen molar-refractivity contribution in [3.05, 3.63) is 66.7 Å². The molecule has 3 aromatic carbocycles. The Morgan fingerprint density at radius 2 is 1.57 bits per heavy atom. The molecule has 28 heavy (non-hydrogen) atoms. The van der Waals surface area contributed by atoms with E-state index in [0.717, 1.165) is 57.3 Å². The number of methoxy groups -OCH3 is 1. The smallest absolute Gasteiger partial charge is 0.127 e. The van der Waals surface area contributed by atoms with Crippen LogP contribution in [-0.4, -0.2) is 51.3 Å². The van der Waals surface area contributed by atoms with Crippen molar-refractivity contribution in [3.8, 4) is 11.5 Å². The molecule has 4 nitrogen and oxygen atoms in total. The highest BCUT2D eigenvalue weighted by atomic mass is 16.5. The molecule has 1 aliphatic rings. The van der Waals surface area contributed by atoms with E-state index in [1.54, 1.807) is 7.11 Å². The lowest BCUT2D eigenvalue weighted by molar-refractivity contribution is 0.225. The van der Waals surface area contributed by atoms with E-state index < -0.39 is 0 Å². The second kappa shape index (κ2) is 8.98. The molecule has 0 bridgehead atoms. The molecule has 1 aliphatic heterocycles. The van der Waals surface area contributed by atoms with E-state index in [1.165, 1.54) is 16.5 Å². The fraction of sp³-hybridized carbons (Fsp3) is 0.333. The summed E-state index contributed by atoms with van der Waals surface area (Å²) in [5, 5.41) is 2.42. The van der Waals surface area contributed by atoms with Crippen LogP contribution in [0.25, 0.3) is 10.8 Å². The van der Waals surface area contributed by atoms with E-state index in [1.807, 2.05) is 12.1 Å². The molecule has 146 valence electrons. The van der Waals surface area contributed by atoms with Crippen molar-refractivity contribution >= 4 is 16.5 Å². The Morgan fingerprint density at radius 3 is 2.36 bits per heavy atom. The van der Waals surface area contributed by atoms with Gasteiger partial charge < -0.3 is 14.4 Å². The number of nitrogens with zero attached hydrogens (tertiary/aromatic N) is 2. The van der Waals surface area contributed by atoms with Gasteiger partial charge in [0.2, 0.25) is 0 Å². The second-order valence-corrected chi connectivity index (χ2v) is 7.21. The van der Waals surface area contributed by atoms with Crippen LogP contribution in [-0.2, 0) is 0 Å². The van der Waals surface area contributed by atoms with Crippen LogP contribution in [0.5, 0.6) is 11.5 Å². The summed E-state index contributed by atoms with van der Waals surface area (Å²) in [6.07, 6.45) is 1.05. The van der Waals surface area contributed by atoms with E-state index >= 15 is 0 Å². The highest BCUT2D eigenvalue weighted by molar-refractivity contribution is 5.88. The standard InChI is InChI=1S/C24H28N2O2/c1-27-22-12-10-21(11-13-22)26-17-15-25(16-18-26)14-5-19-28-24-9-4-7-20-6-2-3-8-23(20)24/h2-4,6-13H,5,14-19H2,1H3. The number of rotatable bonds is 7. The van der Waals surface area contributed by atoms with Crippen molar-refractivity contribution in [2.75, 3.05) is 51.3 Å². The summed E-state index contributed by atoms with van der Waals surface area (Å²) in [7, 11) is 1.71. The predicted molar refractivity (Wildman–Crippen MR) is 116 cm³/mol. The fourth-order valence-electron chi connectivity index (χ4n) is 3.81. The minimum absolute atomic E-state index is 0.757. The van der Waals surface area contributed by atoms with E-state index in [0.29, 0.717) is 0 Å². The maximum absolute atomic E-state index is 6.07. The molecule has 0 spiro atoms. The van der Waals surface area contributed by atoms with Gasteiger partial charge in [-0.05, 0) is 42.1 Å². The molecule has 1 heterocycles. The van der Waals surface area contributed by atoms with Crippen molar-refractivity contribution in [1.82, 2.24) is 4.90 Å². The average molecular weight is 377 g/mol. The van der Waals surface area contributed by atoms with Gasteiger partial charge in [0, 0.05) is 43.8 Å². The van der Waals surface area contributed by atoms with Gasteiger partial charge in [0.25, 0.3) is 0 Å². The van der Waals surface area contributed by atoms with E-state index in [9.17, 15) is 0 Å². The first-order valence-electron chi connectivity index (χ1n) is 10.1. The lowest BCUT2D eigenvalue weighted by Gasteiger charge is -2.36. The molecule has 0 aromatic heterocycles. The highest BCUT2D eigenvalue weighted by Gasteiger charge is 2.16. The maximum atomic E-state index is 6.07. The Kier molecular flexibility index (Phi) is 5.98. The quantitative estimate of drug-likeness (QED) is 0.569. The number of benzene rings is 3. The van der Waals surface area contributed by atoms with Crippen LogP contribution >= 0.6 is 0 Å². The van der Waals surface area contributed by atoms with Crippen molar-refractivity contribution in [3.63, 3.8) is 0 Å². The zero-order valence-electron chi connectivity index (χ0n) is 16.5. The Balaban J connectivity index is 1.21. The fourth-order valence-corrected chi connectivity index (χ4v) is 3.81. The van der Waals surface area contributed by atoms with Crippen LogP contribution in [0, 0.1) is 0 Å². The molecule has 0 amide bonds. The molecule has 0 N–H and O–H groups in total. The van der Waals surface area contributed by atoms with Gasteiger partial charge in [-0.2, -0.15) is 0 Å². The van der Waals surface area contributed by atoms with E-state index in [4.69, 9.17) is 9.47 Å². The Bertz CT molecular complexity index is 881. The molecule has 1 fully saturated rings. The zero-order chi connectivity index (χ0) is 19.2. The maximum Gasteiger partial charge on any atom is 0.127 e. The first kappa shape index (κ1) is 18.6. The number of piperazine rings is 1. The number of hydrogen-bond acceptors (Lipinski definition) is 4. The van der Waals surface area contributed by atoms with Gasteiger partial charge in [-0.1, -0.05) is 36.4 Å². The topological polar surface area (TPSA) is 24.9 Å². The molecule has 0 radical (unpaired) electrons. The molecule has 0 unspecified atom stereocenters. The largest absolute Gasteiger partial charge is 0.497 e. The van der Waals surface area contributed by atoms with Crippen molar-refractivity contribution in [2.24, 2.45) is 0 Å². The Hall–Kier alpha value is -2.72. The third-order valence-corrected chi connectivity index (χ3v) is 5.44. The highest BCUT2D eigenvalue weighted by Crippen LogP contribution is 2.25. The first-order chi connectivity index (χ1) is 13.8. The van der Waals surface area contributed by atoms with Crippen LogP contribution in [0.15, 0.2) is 66.7 Å². The van der Waals surface area contributed by atoms with Crippen molar-refractivity contribution < 1.29 is 9.47 Å². The molecule has 0 saturated carbocycles. The third kappa shape index (κ3) is 4.39. The lowest BCUT2D eigenvalue weighted by Crippen LogP contribution is -2.46. The normalized spacial score (nSPS) is 15.0. The summed E-state index contributed by atoms with van der Waals surface area (Å²) < 4.78 is 11.3. The number of fused-ring (bicyclic) bond motifs is 1. The third-order valence-electron chi connectivity index (χ3n) is 5.44. The first-order valence-corrected chi connectivity index (χ1v) is 10.1. The molecule has 4 rings (SSSR count). The van der Waals surface area contributed by atoms with Gasteiger partial charge in [-0.3, -0.25) is 4.90 Å². The SMILES string of the molecule is COc1ccc(N2CCN(CCCOc3cccc4ccccc34)CC2)cc1. The van der Waals surface area contributed by atoms with E-state index in [-0.39, 0.29) is 0 Å². The molecule has 4 heteroatoms. The van der Waals surface area contributed by atoms with Crippen LogP contribution in [0.1, 0.15) is 6.42 Å². The summed E-state index contributed by atoms with van der Waals surface area (Å²) in [4.78, 5) is 4.98. The van der Waals surface area contributed by atoms with Gasteiger partial charge in [-0.15, -0.1) is 0 Å². The molecule has 0 aliphatic carbocycles. The van der Waals surface area contributed by atoms with Crippen LogP contribution < -0.4 is 14.4 Å². The van der Waals surface area contributed by atoms with Gasteiger partial charge in [-0.25, -0.2) is 0 Å². The molecular weight excluding hydrogens is 348 g/mol. The second-order valence-electron chi connectivity index (χ2n) is 7.21. The van der Waals surface area contributed by atoms with Gasteiger partial charge >= 0.3 is 0 Å². The van der Waals surface area contributed by atoms with Crippen LogP contribution in [0.2, 0.25) is 0 Å². The van der Waals surface area contributed by atoms with Crippen LogP contribution in [0.3, 0.4) is 0 Å². The molecule has 0 atom stereocenters. The average Bonchev–Trinajstić information content (AvgIpc) is 2.77. The minimum Gasteiger partial charge on any atom is -0.497 e. The number of hydrogen-bond donors (Lipinski definition) is 0. The summed E-state index contributed by atoms with van der Waals surface area (Å²) >= 11 is 0. The summed E-state index contributed by atoms with van der Waals surface area (Å²) in [6, 6.07) is 23.0. The van der Waals surface area contributed by atoms with Crippen molar-refractivity contribution in [2.45, 2.75) is 6.42 Å². The van der Waals surface area contributed by atoms with Crippen LogP contribution in [0.4, 0.5) is 5.69 Å². The Morgan fingerprint density at radius 1 is 0.821 bits per heavy atom.